The maximum absolute atomic E-state index is 6.62. The fraction of sp³-hybridized carbons (Fsp3) is 0.115. The highest BCUT2D eigenvalue weighted by atomic mass is 16.3. The smallest absolute Gasteiger partial charge is 0.180 e. The summed E-state index contributed by atoms with van der Waals surface area (Å²) in [6.07, 6.45) is 0. The van der Waals surface area contributed by atoms with Gasteiger partial charge in [0.15, 0.2) is 11.4 Å². The van der Waals surface area contributed by atoms with E-state index in [2.05, 4.69) is 167 Å². The molecule has 2 aliphatic rings. The Morgan fingerprint density at radius 3 is 1.73 bits per heavy atom. The van der Waals surface area contributed by atoms with Crippen LogP contribution in [0.5, 0.6) is 0 Å². The molecule has 0 aliphatic heterocycles. The number of rotatable bonds is 4. The van der Waals surface area contributed by atoms with Gasteiger partial charge in [-0.15, -0.1) is 0 Å². The van der Waals surface area contributed by atoms with Crippen LogP contribution in [0, 0.1) is 0 Å². The Labute approximate surface area is 321 Å². The molecule has 7 aromatic carbocycles. The molecule has 0 radical (unpaired) electrons. The first kappa shape index (κ1) is 31.9. The van der Waals surface area contributed by atoms with Crippen LogP contribution in [-0.2, 0) is 10.8 Å². The van der Waals surface area contributed by atoms with Crippen LogP contribution in [-0.4, -0.2) is 9.97 Å². The molecular formula is C52H38N2O. The highest BCUT2D eigenvalue weighted by Crippen LogP contribution is 2.51. The predicted octanol–water partition coefficient (Wildman–Crippen LogP) is 13.7. The molecule has 2 aliphatic carbocycles. The summed E-state index contributed by atoms with van der Waals surface area (Å²) in [5, 5.41) is 0.975. The van der Waals surface area contributed by atoms with Gasteiger partial charge in [0, 0.05) is 27.3 Å². The molecule has 0 bridgehead atoms. The van der Waals surface area contributed by atoms with Gasteiger partial charge >= 0.3 is 0 Å². The summed E-state index contributed by atoms with van der Waals surface area (Å²) >= 11 is 0. The van der Waals surface area contributed by atoms with E-state index in [0.717, 1.165) is 44.4 Å². The number of aromatic nitrogens is 2. The van der Waals surface area contributed by atoms with E-state index in [1.54, 1.807) is 0 Å². The first-order valence-electron chi connectivity index (χ1n) is 19.2. The van der Waals surface area contributed by atoms with Gasteiger partial charge < -0.3 is 4.42 Å². The normalized spacial score (nSPS) is 14.5. The molecule has 55 heavy (non-hydrogen) atoms. The van der Waals surface area contributed by atoms with Crippen LogP contribution in [0.3, 0.4) is 0 Å². The Morgan fingerprint density at radius 2 is 0.964 bits per heavy atom. The average Bonchev–Trinajstić information content (AvgIpc) is 3.80. The molecule has 3 heteroatoms. The second-order valence-electron chi connectivity index (χ2n) is 16.2. The molecule has 9 aromatic rings. The molecule has 0 spiro atoms. The topological polar surface area (TPSA) is 38.9 Å². The van der Waals surface area contributed by atoms with E-state index in [1.807, 2.05) is 18.2 Å². The minimum Gasteiger partial charge on any atom is -0.452 e. The van der Waals surface area contributed by atoms with Crippen molar-refractivity contribution in [3.8, 4) is 67.2 Å². The van der Waals surface area contributed by atoms with E-state index in [0.29, 0.717) is 11.4 Å². The Morgan fingerprint density at radius 1 is 0.400 bits per heavy atom. The molecule has 0 N–H and O–H groups in total. The van der Waals surface area contributed by atoms with Gasteiger partial charge in [-0.3, -0.25) is 0 Å². The summed E-state index contributed by atoms with van der Waals surface area (Å²) in [5.74, 6) is 0.688. The minimum absolute atomic E-state index is 0.0485. The summed E-state index contributed by atoms with van der Waals surface area (Å²) in [4.78, 5) is 10.5. The van der Waals surface area contributed by atoms with Crippen molar-refractivity contribution in [2.45, 2.75) is 38.5 Å². The molecule has 0 saturated carbocycles. The van der Waals surface area contributed by atoms with E-state index in [1.165, 1.54) is 55.6 Å². The lowest BCUT2D eigenvalue weighted by molar-refractivity contribution is 0.660. The molecule has 3 nitrogen and oxygen atoms in total. The van der Waals surface area contributed by atoms with Gasteiger partial charge in [0.2, 0.25) is 0 Å². The zero-order chi connectivity index (χ0) is 37.1. The largest absolute Gasteiger partial charge is 0.452 e. The number of hydrogen-bond donors (Lipinski definition) is 0. The quantitative estimate of drug-likeness (QED) is 0.183. The number of hydrogen-bond acceptors (Lipinski definition) is 3. The molecule has 262 valence electrons. The molecule has 0 amide bonds. The number of nitrogens with zero attached hydrogens (tertiary/aromatic N) is 2. The third-order valence-electron chi connectivity index (χ3n) is 12.3. The maximum atomic E-state index is 6.62. The maximum Gasteiger partial charge on any atom is 0.180 e. The highest BCUT2D eigenvalue weighted by molar-refractivity contribution is 6.08. The van der Waals surface area contributed by atoms with Crippen molar-refractivity contribution in [3.05, 3.63) is 180 Å². The van der Waals surface area contributed by atoms with Gasteiger partial charge in [-0.25, -0.2) is 9.97 Å². The Balaban J connectivity index is 1.04. The number of benzene rings is 7. The summed E-state index contributed by atoms with van der Waals surface area (Å²) in [7, 11) is 0. The summed E-state index contributed by atoms with van der Waals surface area (Å²) < 4.78 is 6.62. The Kier molecular flexibility index (Phi) is 6.65. The molecule has 0 atom stereocenters. The van der Waals surface area contributed by atoms with Crippen molar-refractivity contribution in [1.29, 1.82) is 0 Å². The van der Waals surface area contributed by atoms with Crippen LogP contribution < -0.4 is 0 Å². The Hall–Kier alpha value is -6.58. The van der Waals surface area contributed by atoms with Gasteiger partial charge in [-0.2, -0.15) is 0 Å². The lowest BCUT2D eigenvalue weighted by Gasteiger charge is -2.22. The molecular weight excluding hydrogens is 669 g/mol. The van der Waals surface area contributed by atoms with Crippen LogP contribution in [0.2, 0.25) is 0 Å². The molecule has 2 aromatic heterocycles. The van der Waals surface area contributed by atoms with E-state index < -0.39 is 0 Å². The standard InChI is InChI=1S/C52H38N2O/c1-51(2)43-20-11-9-18-38(43)40-29-36(22-25-44(40)51)50-53-47(31-13-6-5-7-14-31)49-48(54-50)41-28-34(23-26-46(41)55-49)32-15-12-16-33(27-32)35-21-24-39-37-17-8-10-19-42(37)52(3,4)45(39)30-35/h5-30H,1-4H3. The van der Waals surface area contributed by atoms with E-state index in [4.69, 9.17) is 14.4 Å². The second-order valence-corrected chi connectivity index (χ2v) is 16.2. The fourth-order valence-corrected chi connectivity index (χ4v) is 9.37. The van der Waals surface area contributed by atoms with Crippen LogP contribution in [0.25, 0.3) is 89.2 Å². The second kappa shape index (κ2) is 11.5. The third-order valence-corrected chi connectivity index (χ3v) is 12.3. The van der Waals surface area contributed by atoms with Crippen molar-refractivity contribution < 1.29 is 4.42 Å². The van der Waals surface area contributed by atoms with Crippen molar-refractivity contribution in [2.75, 3.05) is 0 Å². The van der Waals surface area contributed by atoms with Crippen LogP contribution in [0.1, 0.15) is 49.9 Å². The average molecular weight is 707 g/mol. The lowest BCUT2D eigenvalue weighted by Crippen LogP contribution is -2.14. The highest BCUT2D eigenvalue weighted by Gasteiger charge is 2.36. The lowest BCUT2D eigenvalue weighted by atomic mass is 9.81. The molecule has 2 heterocycles. The summed E-state index contributed by atoms with van der Waals surface area (Å²) in [6, 6.07) is 56.9. The third kappa shape index (κ3) is 4.69. The fourth-order valence-electron chi connectivity index (χ4n) is 9.37. The van der Waals surface area contributed by atoms with Crippen LogP contribution in [0.15, 0.2) is 162 Å². The zero-order valence-corrected chi connectivity index (χ0v) is 31.3. The predicted molar refractivity (Wildman–Crippen MR) is 226 cm³/mol. The van der Waals surface area contributed by atoms with Crippen molar-refractivity contribution in [2.24, 2.45) is 0 Å². The van der Waals surface area contributed by atoms with Gasteiger partial charge in [-0.05, 0) is 97.1 Å². The first-order valence-corrected chi connectivity index (χ1v) is 19.2. The van der Waals surface area contributed by atoms with E-state index >= 15 is 0 Å². The molecule has 0 saturated heterocycles. The molecule has 0 unspecified atom stereocenters. The van der Waals surface area contributed by atoms with Gasteiger partial charge in [-0.1, -0.05) is 155 Å². The van der Waals surface area contributed by atoms with Gasteiger partial charge in [0.25, 0.3) is 0 Å². The Bertz CT molecular complexity index is 3040. The van der Waals surface area contributed by atoms with E-state index in [-0.39, 0.29) is 10.8 Å². The minimum atomic E-state index is -0.0675. The van der Waals surface area contributed by atoms with Crippen molar-refractivity contribution >= 4 is 22.1 Å². The molecule has 0 fully saturated rings. The van der Waals surface area contributed by atoms with Crippen molar-refractivity contribution in [3.63, 3.8) is 0 Å². The SMILES string of the molecule is CC1(C)c2ccccc2-c2cc(-c3nc(-c4ccccc4)c4oc5ccc(-c6cccc(-c7ccc8c(c7)C(C)(C)c7ccccc7-8)c6)cc5c4n3)ccc21. The summed E-state index contributed by atoms with van der Waals surface area (Å²) in [6.45, 7) is 9.29. The summed E-state index contributed by atoms with van der Waals surface area (Å²) in [5.41, 5.74) is 20.3. The first-order chi connectivity index (χ1) is 26.8. The van der Waals surface area contributed by atoms with Gasteiger partial charge in [0.1, 0.15) is 16.8 Å². The number of fused-ring (bicyclic) bond motifs is 9. The molecule has 11 rings (SSSR count). The van der Waals surface area contributed by atoms with Crippen molar-refractivity contribution in [1.82, 2.24) is 9.97 Å². The van der Waals surface area contributed by atoms with Crippen LogP contribution >= 0.6 is 0 Å². The van der Waals surface area contributed by atoms with Crippen LogP contribution in [0.4, 0.5) is 0 Å². The zero-order valence-electron chi connectivity index (χ0n) is 31.3. The van der Waals surface area contributed by atoms with Gasteiger partial charge in [0.05, 0.1) is 0 Å². The number of furan rings is 1. The monoisotopic (exact) mass is 706 g/mol. The van der Waals surface area contributed by atoms with E-state index in [9.17, 15) is 0 Å².